The molecule has 2 aliphatic heterocycles. The number of carbonyl (C=O) groups is 2. The van der Waals surface area contributed by atoms with Gasteiger partial charge >= 0.3 is 12.1 Å². The minimum atomic E-state index is -1.15. The summed E-state index contributed by atoms with van der Waals surface area (Å²) in [7, 11) is 0. The lowest BCUT2D eigenvalue weighted by Crippen LogP contribution is -2.55. The Morgan fingerprint density at radius 1 is 1.00 bits per heavy atom. The number of alkyl carbamates (subject to hydrolysis) is 1. The Balaban J connectivity index is 0.00000386. The molecule has 7 fully saturated rings. The molecule has 2 saturated heterocycles. The van der Waals surface area contributed by atoms with Crippen LogP contribution in [-0.2, 0) is 23.7 Å². The van der Waals surface area contributed by atoms with Gasteiger partial charge in [0.25, 0.3) is 0 Å². The number of amides is 1. The molecule has 0 bridgehead atoms. The van der Waals surface area contributed by atoms with Gasteiger partial charge in [0.1, 0.15) is 6.10 Å². The third-order valence-electron chi connectivity index (χ3n) is 14.9. The molecule has 2 N–H and O–H groups in total. The fourth-order valence-corrected chi connectivity index (χ4v) is 12.8. The summed E-state index contributed by atoms with van der Waals surface area (Å²) >= 11 is 0. The second kappa shape index (κ2) is 11.6. The van der Waals surface area contributed by atoms with E-state index in [0.717, 1.165) is 64.4 Å². The second-order valence-electron chi connectivity index (χ2n) is 17.8. The summed E-state index contributed by atoms with van der Waals surface area (Å²) in [6, 6.07) is 0. The zero-order valence-electron chi connectivity index (χ0n) is 29.3. The van der Waals surface area contributed by atoms with E-state index in [1.807, 2.05) is 0 Å². The van der Waals surface area contributed by atoms with Crippen molar-refractivity contribution in [1.82, 2.24) is 10.2 Å². The average Bonchev–Trinajstić information content (AvgIpc) is 3.57. The summed E-state index contributed by atoms with van der Waals surface area (Å²) in [5.74, 6) is 2.13. The molecular weight excluding hydrogens is 584 g/mol. The molecule has 0 aromatic heterocycles. The number of esters is 1. The third kappa shape index (κ3) is 5.24. The number of hydrogen-bond acceptors (Lipinski definition) is 8. The first-order valence-corrected chi connectivity index (χ1v) is 18.5. The van der Waals surface area contributed by atoms with Gasteiger partial charge in [-0.15, -0.1) is 0 Å². The number of carbonyl (C=O) groups excluding carboxylic acids is 2. The van der Waals surface area contributed by atoms with E-state index in [1.54, 1.807) is 13.8 Å². The highest BCUT2D eigenvalue weighted by Crippen LogP contribution is 2.87. The van der Waals surface area contributed by atoms with Gasteiger partial charge in [-0.3, -0.25) is 9.69 Å². The van der Waals surface area contributed by atoms with E-state index >= 15 is 0 Å². The fourth-order valence-electron chi connectivity index (χ4n) is 12.8. The summed E-state index contributed by atoms with van der Waals surface area (Å²) in [6.07, 6.45) is 10.5. The number of fused-ring (bicyclic) bond motifs is 4. The quantitative estimate of drug-likeness (QED) is 0.346. The summed E-state index contributed by atoms with van der Waals surface area (Å²) < 4.78 is 24.1. The summed E-state index contributed by atoms with van der Waals surface area (Å²) in [5, 5.41) is 13.9. The van der Waals surface area contributed by atoms with Crippen molar-refractivity contribution in [3.8, 4) is 0 Å². The molecule has 5 saturated carbocycles. The van der Waals surface area contributed by atoms with Crippen molar-refractivity contribution < 1.29 is 35.1 Å². The smallest absolute Gasteiger partial charge is 0.407 e. The van der Waals surface area contributed by atoms with E-state index in [4.69, 9.17) is 18.9 Å². The van der Waals surface area contributed by atoms with Crippen LogP contribution >= 0.6 is 0 Å². The monoisotopic (exact) mass is 646 g/mol. The number of ether oxygens (including phenoxy) is 4. The van der Waals surface area contributed by atoms with Crippen molar-refractivity contribution in [3.63, 3.8) is 0 Å². The third-order valence-corrected chi connectivity index (χ3v) is 14.9. The molecule has 46 heavy (non-hydrogen) atoms. The van der Waals surface area contributed by atoms with Gasteiger partial charge in [0.2, 0.25) is 0 Å². The van der Waals surface area contributed by atoms with Crippen molar-refractivity contribution in [2.45, 2.75) is 136 Å². The predicted octanol–water partition coefficient (Wildman–Crippen LogP) is 5.57. The number of morpholine rings is 1. The Morgan fingerprint density at radius 3 is 2.46 bits per heavy atom. The molecule has 8 unspecified atom stereocenters. The zero-order valence-corrected chi connectivity index (χ0v) is 29.3. The number of nitrogens with zero attached hydrogens (tertiary/aromatic N) is 1. The maximum atomic E-state index is 12.9. The maximum Gasteiger partial charge on any atom is 0.407 e. The van der Waals surface area contributed by atoms with Crippen LogP contribution in [-0.4, -0.2) is 91.5 Å². The lowest BCUT2D eigenvalue weighted by molar-refractivity contribution is -0.200. The number of aliphatic hydroxyl groups is 1. The minimum absolute atomic E-state index is 0. The molecule has 11 atom stereocenters. The Morgan fingerprint density at radius 2 is 1.74 bits per heavy atom. The normalized spacial score (nSPS) is 45.2. The molecule has 1 amide bonds. The second-order valence-corrected chi connectivity index (χ2v) is 17.8. The average molecular weight is 647 g/mol. The highest BCUT2D eigenvalue weighted by atomic mass is 16.6. The standard InChI is InChI=1S/C37H60N2O7.H2/c1-23(40)44-31(34(4,5)42)27-9-7-25-28(45-27)21-26-24-8-10-29-33(2,3)30(46-32(41)38-15-16-39-17-19-43-20-18-39)11-12-37(29)22-36(24,37)14-13-35(25,26)6;/h24-31,42H,7-22H2,1-6H3,(H,38,41);1H/t24?,25?,26?,27?,28?,29?,30-,31-,35?,36-,37?;/m0./s1. The fraction of sp³-hybridized carbons (Fsp3) is 0.946. The Bertz CT molecular complexity index is 1190. The molecule has 2 spiro atoms. The van der Waals surface area contributed by atoms with E-state index in [1.165, 1.54) is 45.4 Å². The SMILES string of the molecule is CC(=O)O[C@@H](C1CCC2C(CC3C4CCC5C(C)(C)[C@@H](OC(=O)NCCN6CCOCC6)CCC56C[C@@]46CCC23C)O1)C(C)(C)O.[HH]. The van der Waals surface area contributed by atoms with Crippen molar-refractivity contribution in [2.75, 3.05) is 39.4 Å². The van der Waals surface area contributed by atoms with Gasteiger partial charge in [-0.05, 0) is 118 Å². The maximum absolute atomic E-state index is 12.9. The van der Waals surface area contributed by atoms with Crippen LogP contribution in [0.3, 0.4) is 0 Å². The number of nitrogens with one attached hydrogen (secondary N) is 1. The molecule has 7 rings (SSSR count). The molecule has 7 aliphatic rings. The summed E-state index contributed by atoms with van der Waals surface area (Å²) in [6.45, 7) is 17.0. The first-order valence-electron chi connectivity index (χ1n) is 18.5. The van der Waals surface area contributed by atoms with E-state index < -0.39 is 11.7 Å². The van der Waals surface area contributed by atoms with Crippen LogP contribution in [0.5, 0.6) is 0 Å². The highest BCUT2D eigenvalue weighted by molar-refractivity contribution is 5.67. The zero-order chi connectivity index (χ0) is 32.7. The largest absolute Gasteiger partial charge is 0.457 e. The lowest BCUT2D eigenvalue weighted by Gasteiger charge is -2.59. The van der Waals surface area contributed by atoms with E-state index in [9.17, 15) is 14.7 Å². The van der Waals surface area contributed by atoms with E-state index in [-0.39, 0.29) is 42.6 Å². The number of rotatable bonds is 7. The van der Waals surface area contributed by atoms with Gasteiger partial charge in [0.15, 0.2) is 6.10 Å². The molecule has 5 aliphatic carbocycles. The van der Waals surface area contributed by atoms with Crippen LogP contribution in [0.4, 0.5) is 4.79 Å². The first-order chi connectivity index (χ1) is 21.7. The van der Waals surface area contributed by atoms with Crippen molar-refractivity contribution >= 4 is 12.1 Å². The van der Waals surface area contributed by atoms with Crippen molar-refractivity contribution in [1.29, 1.82) is 0 Å². The van der Waals surface area contributed by atoms with Gasteiger partial charge in [0.05, 0.1) is 31.0 Å². The summed E-state index contributed by atoms with van der Waals surface area (Å²) in [4.78, 5) is 27.2. The first kappa shape index (κ1) is 33.1. The van der Waals surface area contributed by atoms with E-state index in [0.29, 0.717) is 35.1 Å². The van der Waals surface area contributed by atoms with Crippen LogP contribution in [0.1, 0.15) is 107 Å². The van der Waals surface area contributed by atoms with E-state index in [2.05, 4.69) is 31.0 Å². The minimum Gasteiger partial charge on any atom is -0.457 e. The van der Waals surface area contributed by atoms with Crippen LogP contribution in [0.25, 0.3) is 0 Å². The molecule has 2 heterocycles. The van der Waals surface area contributed by atoms with Gasteiger partial charge in [0, 0.05) is 39.9 Å². The van der Waals surface area contributed by atoms with Crippen LogP contribution in [0, 0.1) is 45.3 Å². The van der Waals surface area contributed by atoms with Gasteiger partial charge in [-0.25, -0.2) is 4.79 Å². The van der Waals surface area contributed by atoms with Gasteiger partial charge in [-0.1, -0.05) is 20.8 Å². The van der Waals surface area contributed by atoms with Gasteiger partial charge < -0.3 is 29.4 Å². The number of hydrogen-bond donors (Lipinski definition) is 2. The summed E-state index contributed by atoms with van der Waals surface area (Å²) in [5.41, 5.74) is -0.115. The highest BCUT2D eigenvalue weighted by Gasteiger charge is 2.81. The van der Waals surface area contributed by atoms with Gasteiger partial charge in [-0.2, -0.15) is 0 Å². The molecular formula is C37H62N2O7. The Labute approximate surface area is 277 Å². The van der Waals surface area contributed by atoms with Crippen molar-refractivity contribution in [2.24, 2.45) is 45.3 Å². The topological polar surface area (TPSA) is 107 Å². The Kier molecular flexibility index (Phi) is 8.34. The molecule has 0 aromatic rings. The van der Waals surface area contributed by atoms with Crippen LogP contribution in [0.15, 0.2) is 0 Å². The Hall–Kier alpha value is -1.42. The molecule has 0 aromatic carbocycles. The molecule has 262 valence electrons. The predicted molar refractivity (Wildman–Crippen MR) is 175 cm³/mol. The lowest BCUT2D eigenvalue weighted by atomic mass is 9.46. The van der Waals surface area contributed by atoms with Crippen molar-refractivity contribution in [3.05, 3.63) is 0 Å². The van der Waals surface area contributed by atoms with Crippen LogP contribution in [0.2, 0.25) is 0 Å². The molecule has 0 radical (unpaired) electrons. The molecule has 9 nitrogen and oxygen atoms in total. The molecule has 9 heteroatoms. The van der Waals surface area contributed by atoms with Crippen LogP contribution < -0.4 is 5.32 Å².